The highest BCUT2D eigenvalue weighted by Gasteiger charge is 2.44. The molecule has 6 atom stereocenters. The van der Waals surface area contributed by atoms with Crippen LogP contribution in [-0.4, -0.2) is 89.6 Å². The van der Waals surface area contributed by atoms with Gasteiger partial charge in [0.1, 0.15) is 30.5 Å². The molecule has 322 valence electrons. The molecule has 1 rings (SSSR count). The van der Waals surface area contributed by atoms with Crippen molar-refractivity contribution in [3.05, 3.63) is 0 Å². The lowest BCUT2D eigenvalue weighted by atomic mass is 9.99. The normalized spacial score (nSPS) is 20.7. The van der Waals surface area contributed by atoms with Gasteiger partial charge in [-0.1, -0.05) is 200 Å². The number of hydrogen-bond acceptors (Lipinski definition) is 9. The maximum atomic E-state index is 12.7. The zero-order valence-electron chi connectivity index (χ0n) is 35.3. The van der Waals surface area contributed by atoms with E-state index in [9.17, 15) is 25.2 Å². The Morgan fingerprint density at radius 2 is 0.907 bits per heavy atom. The van der Waals surface area contributed by atoms with Crippen LogP contribution in [0, 0.1) is 0 Å². The average Bonchev–Trinajstić information content (AvgIpc) is 3.17. The van der Waals surface area contributed by atoms with Crippen LogP contribution in [0.5, 0.6) is 0 Å². The van der Waals surface area contributed by atoms with Crippen LogP contribution < -0.4 is 0 Å². The molecular formula is C45H88O9. The van der Waals surface area contributed by atoms with E-state index in [1.165, 1.54) is 167 Å². The van der Waals surface area contributed by atoms with Crippen LogP contribution in [0.15, 0.2) is 0 Å². The monoisotopic (exact) mass is 773 g/mol. The minimum absolute atomic E-state index is 0.105. The van der Waals surface area contributed by atoms with Crippen LogP contribution in [0.1, 0.15) is 219 Å². The molecule has 0 amide bonds. The molecule has 0 aromatic heterocycles. The van der Waals surface area contributed by atoms with Gasteiger partial charge in [0.2, 0.25) is 0 Å². The van der Waals surface area contributed by atoms with Gasteiger partial charge in [-0.15, -0.1) is 0 Å². The Kier molecular flexibility index (Phi) is 35.8. The Morgan fingerprint density at radius 3 is 1.31 bits per heavy atom. The first kappa shape index (κ1) is 51.2. The average molecular weight is 773 g/mol. The molecule has 1 fully saturated rings. The van der Waals surface area contributed by atoms with Gasteiger partial charge < -0.3 is 39.4 Å². The van der Waals surface area contributed by atoms with Crippen LogP contribution in [0.25, 0.3) is 0 Å². The molecule has 0 aromatic rings. The highest BCUT2D eigenvalue weighted by molar-refractivity contribution is 5.69. The molecule has 9 heteroatoms. The van der Waals surface area contributed by atoms with Gasteiger partial charge in [0.05, 0.1) is 19.8 Å². The number of esters is 1. The van der Waals surface area contributed by atoms with E-state index in [0.717, 1.165) is 32.1 Å². The number of carbonyl (C=O) groups is 1. The Bertz CT molecular complexity index is 797. The van der Waals surface area contributed by atoms with Crippen molar-refractivity contribution in [2.45, 2.75) is 256 Å². The molecule has 0 saturated carbocycles. The molecule has 4 N–H and O–H groups in total. The van der Waals surface area contributed by atoms with Crippen molar-refractivity contribution in [3.63, 3.8) is 0 Å². The van der Waals surface area contributed by atoms with Crippen molar-refractivity contribution in [2.24, 2.45) is 0 Å². The fourth-order valence-electron chi connectivity index (χ4n) is 7.38. The lowest BCUT2D eigenvalue weighted by Crippen LogP contribution is -2.59. The number of aliphatic hydroxyl groups excluding tert-OH is 4. The van der Waals surface area contributed by atoms with E-state index in [1.807, 2.05) is 0 Å². The highest BCUT2D eigenvalue weighted by atomic mass is 16.7. The summed E-state index contributed by atoms with van der Waals surface area (Å²) >= 11 is 0. The second-order valence-electron chi connectivity index (χ2n) is 16.2. The molecule has 0 spiro atoms. The van der Waals surface area contributed by atoms with Gasteiger partial charge >= 0.3 is 5.97 Å². The summed E-state index contributed by atoms with van der Waals surface area (Å²) in [5.74, 6) is -0.311. The number of ether oxygens (including phenoxy) is 4. The van der Waals surface area contributed by atoms with Crippen molar-refractivity contribution >= 4 is 5.97 Å². The quantitative estimate of drug-likeness (QED) is 0.0355. The maximum Gasteiger partial charge on any atom is 0.306 e. The number of unbranched alkanes of at least 4 members (excludes halogenated alkanes) is 29. The van der Waals surface area contributed by atoms with E-state index in [0.29, 0.717) is 13.0 Å². The summed E-state index contributed by atoms with van der Waals surface area (Å²) in [7, 11) is 0. The number of hydrogen-bond donors (Lipinski definition) is 4. The molecule has 0 aliphatic carbocycles. The second kappa shape index (κ2) is 37.7. The van der Waals surface area contributed by atoms with Gasteiger partial charge in [-0.2, -0.15) is 0 Å². The molecule has 6 unspecified atom stereocenters. The van der Waals surface area contributed by atoms with E-state index in [1.54, 1.807) is 0 Å². The molecule has 9 nitrogen and oxygen atoms in total. The SMILES string of the molecule is CCCCCCCCCCCCCCCCCCCCCCCOCC(COC1OC(CO)C(O)C(O)C1O)OC(=O)CCCCCCCCCCCC. The van der Waals surface area contributed by atoms with Gasteiger partial charge in [0.25, 0.3) is 0 Å². The Morgan fingerprint density at radius 1 is 0.519 bits per heavy atom. The lowest BCUT2D eigenvalue weighted by Gasteiger charge is -2.39. The predicted octanol–water partition coefficient (Wildman–Crippen LogP) is 10.3. The predicted molar refractivity (Wildman–Crippen MR) is 220 cm³/mol. The topological polar surface area (TPSA) is 135 Å². The van der Waals surface area contributed by atoms with E-state index < -0.39 is 43.4 Å². The second-order valence-corrected chi connectivity index (χ2v) is 16.2. The first-order valence-corrected chi connectivity index (χ1v) is 23.1. The van der Waals surface area contributed by atoms with Crippen LogP contribution in [0.4, 0.5) is 0 Å². The third-order valence-electron chi connectivity index (χ3n) is 11.0. The van der Waals surface area contributed by atoms with Gasteiger partial charge in [-0.05, 0) is 12.8 Å². The first-order valence-electron chi connectivity index (χ1n) is 23.1. The van der Waals surface area contributed by atoms with Crippen molar-refractivity contribution in [3.8, 4) is 0 Å². The van der Waals surface area contributed by atoms with Gasteiger partial charge in [-0.3, -0.25) is 4.79 Å². The zero-order chi connectivity index (χ0) is 39.3. The molecule has 0 radical (unpaired) electrons. The molecule has 0 aromatic carbocycles. The van der Waals surface area contributed by atoms with E-state index in [-0.39, 0.29) is 19.2 Å². The van der Waals surface area contributed by atoms with E-state index in [2.05, 4.69) is 13.8 Å². The lowest BCUT2D eigenvalue weighted by molar-refractivity contribution is -0.305. The number of rotatable bonds is 40. The van der Waals surface area contributed by atoms with Crippen LogP contribution in [-0.2, 0) is 23.7 Å². The van der Waals surface area contributed by atoms with Crippen molar-refractivity contribution in [1.82, 2.24) is 0 Å². The van der Waals surface area contributed by atoms with Crippen molar-refractivity contribution in [2.75, 3.05) is 26.4 Å². The molecule has 1 saturated heterocycles. The van der Waals surface area contributed by atoms with Crippen LogP contribution in [0.3, 0.4) is 0 Å². The minimum Gasteiger partial charge on any atom is -0.457 e. The zero-order valence-corrected chi connectivity index (χ0v) is 35.3. The smallest absolute Gasteiger partial charge is 0.306 e. The summed E-state index contributed by atoms with van der Waals surface area (Å²) in [6, 6.07) is 0. The summed E-state index contributed by atoms with van der Waals surface area (Å²) < 4.78 is 22.8. The van der Waals surface area contributed by atoms with Crippen molar-refractivity contribution < 1.29 is 44.2 Å². The van der Waals surface area contributed by atoms with E-state index >= 15 is 0 Å². The minimum atomic E-state index is -1.53. The molecule has 1 heterocycles. The standard InChI is InChI=1S/C45H88O9/c1-3-5-7-9-11-13-15-16-17-18-19-20-21-22-23-24-25-27-29-31-33-35-51-37-39(38-52-45-44(50)43(49)42(48)40(36-46)54-45)53-41(47)34-32-30-28-26-14-12-10-8-6-4-2/h39-40,42-46,48-50H,3-38H2,1-2H3. The largest absolute Gasteiger partial charge is 0.457 e. The fraction of sp³-hybridized carbons (Fsp3) is 0.978. The molecule has 0 bridgehead atoms. The molecule has 54 heavy (non-hydrogen) atoms. The third kappa shape index (κ3) is 28.6. The van der Waals surface area contributed by atoms with Crippen molar-refractivity contribution in [1.29, 1.82) is 0 Å². The number of carbonyl (C=O) groups excluding carboxylic acids is 1. The fourth-order valence-corrected chi connectivity index (χ4v) is 7.38. The summed E-state index contributed by atoms with van der Waals surface area (Å²) in [6.07, 6.45) is 32.8. The van der Waals surface area contributed by atoms with Gasteiger partial charge in [0, 0.05) is 13.0 Å². The van der Waals surface area contributed by atoms with Gasteiger partial charge in [0.15, 0.2) is 6.29 Å². The summed E-state index contributed by atoms with van der Waals surface area (Å²) in [5.41, 5.74) is 0. The van der Waals surface area contributed by atoms with E-state index in [4.69, 9.17) is 18.9 Å². The first-order chi connectivity index (χ1) is 26.4. The van der Waals surface area contributed by atoms with Gasteiger partial charge in [-0.25, -0.2) is 0 Å². The Balaban J connectivity index is 2.17. The summed E-state index contributed by atoms with van der Waals surface area (Å²) in [4.78, 5) is 12.7. The molecule has 1 aliphatic rings. The highest BCUT2D eigenvalue weighted by Crippen LogP contribution is 2.23. The molecular weight excluding hydrogens is 684 g/mol. The van der Waals surface area contributed by atoms with Crippen LogP contribution >= 0.6 is 0 Å². The maximum absolute atomic E-state index is 12.7. The number of aliphatic hydroxyl groups is 4. The Labute approximate surface area is 332 Å². The Hall–Kier alpha value is -0.810. The summed E-state index contributed by atoms with van der Waals surface area (Å²) in [6.45, 7) is 4.59. The molecule has 1 aliphatic heterocycles. The van der Waals surface area contributed by atoms with Crippen LogP contribution in [0.2, 0.25) is 0 Å². The third-order valence-corrected chi connectivity index (χ3v) is 11.0. The summed E-state index contributed by atoms with van der Waals surface area (Å²) in [5, 5.41) is 40.0.